The molecule has 2 heterocycles. The van der Waals surface area contributed by atoms with E-state index in [0.29, 0.717) is 0 Å². The maximum absolute atomic E-state index is 4.47. The van der Waals surface area contributed by atoms with Gasteiger partial charge in [-0.15, -0.1) is 0 Å². The first-order chi connectivity index (χ1) is 8.74. The Morgan fingerprint density at radius 3 is 2.61 bits per heavy atom. The highest BCUT2D eigenvalue weighted by Crippen LogP contribution is 2.21. The van der Waals surface area contributed by atoms with Crippen molar-refractivity contribution in [2.45, 2.75) is 39.4 Å². The molecule has 0 radical (unpaired) electrons. The van der Waals surface area contributed by atoms with Gasteiger partial charge in [0.05, 0.1) is 11.4 Å². The van der Waals surface area contributed by atoms with Crippen LogP contribution in [0.1, 0.15) is 26.5 Å². The topological polar surface area (TPSA) is 43.6 Å². The fourth-order valence-corrected chi connectivity index (χ4v) is 1.88. The van der Waals surface area contributed by atoms with Gasteiger partial charge in [-0.3, -0.25) is 4.68 Å². The molecule has 0 aliphatic heterocycles. The van der Waals surface area contributed by atoms with Crippen LogP contribution in [0.5, 0.6) is 0 Å². The number of aryl methyl sites for hydroxylation is 2. The minimum Gasteiger partial charge on any atom is -0.272 e. The van der Waals surface area contributed by atoms with E-state index in [1.807, 2.05) is 44.0 Å². The largest absolute Gasteiger partial charge is 0.272 e. The SMILES string of the molecule is CC.CCn1cc(-c2ccnc(SC)n2)c(C)n1. The number of thioether (sulfide) groups is 1. The molecule has 0 N–H and O–H groups in total. The second kappa shape index (κ2) is 7.16. The highest BCUT2D eigenvalue weighted by molar-refractivity contribution is 7.98. The van der Waals surface area contributed by atoms with Crippen LogP contribution in [0.15, 0.2) is 23.6 Å². The van der Waals surface area contributed by atoms with Crippen molar-refractivity contribution in [3.63, 3.8) is 0 Å². The third-order valence-corrected chi connectivity index (χ3v) is 2.92. The van der Waals surface area contributed by atoms with Gasteiger partial charge in [-0.25, -0.2) is 9.97 Å². The number of hydrogen-bond donors (Lipinski definition) is 0. The van der Waals surface area contributed by atoms with E-state index in [2.05, 4.69) is 22.0 Å². The lowest BCUT2D eigenvalue weighted by Crippen LogP contribution is -1.93. The van der Waals surface area contributed by atoms with Crippen molar-refractivity contribution in [3.8, 4) is 11.3 Å². The van der Waals surface area contributed by atoms with Gasteiger partial charge < -0.3 is 0 Å². The smallest absolute Gasteiger partial charge is 0.187 e. The first-order valence-corrected chi connectivity index (χ1v) is 7.38. The van der Waals surface area contributed by atoms with Crippen molar-refractivity contribution in [1.82, 2.24) is 19.7 Å². The molecular weight excluding hydrogens is 244 g/mol. The summed E-state index contributed by atoms with van der Waals surface area (Å²) in [5.74, 6) is 0. The van der Waals surface area contributed by atoms with E-state index in [1.54, 1.807) is 18.0 Å². The maximum Gasteiger partial charge on any atom is 0.187 e. The molecule has 0 atom stereocenters. The van der Waals surface area contributed by atoms with E-state index >= 15 is 0 Å². The zero-order chi connectivity index (χ0) is 13.5. The lowest BCUT2D eigenvalue weighted by Gasteiger charge is -1.99. The third kappa shape index (κ3) is 3.32. The molecule has 98 valence electrons. The van der Waals surface area contributed by atoms with Gasteiger partial charge in [-0.05, 0) is 26.2 Å². The van der Waals surface area contributed by atoms with Crippen molar-refractivity contribution >= 4 is 11.8 Å². The van der Waals surface area contributed by atoms with Gasteiger partial charge in [0.2, 0.25) is 0 Å². The summed E-state index contributed by atoms with van der Waals surface area (Å²) in [5.41, 5.74) is 3.03. The van der Waals surface area contributed by atoms with Crippen molar-refractivity contribution in [2.24, 2.45) is 0 Å². The number of aromatic nitrogens is 4. The van der Waals surface area contributed by atoms with Crippen LogP contribution in [0.4, 0.5) is 0 Å². The van der Waals surface area contributed by atoms with E-state index in [4.69, 9.17) is 0 Å². The van der Waals surface area contributed by atoms with Crippen LogP contribution >= 0.6 is 11.8 Å². The molecule has 0 aliphatic rings. The summed E-state index contributed by atoms with van der Waals surface area (Å²) in [6, 6.07) is 1.92. The van der Waals surface area contributed by atoms with Crippen molar-refractivity contribution in [2.75, 3.05) is 6.26 Å². The van der Waals surface area contributed by atoms with Crippen LogP contribution in [0.2, 0.25) is 0 Å². The van der Waals surface area contributed by atoms with Gasteiger partial charge in [0, 0.05) is 24.5 Å². The molecule has 2 rings (SSSR count). The van der Waals surface area contributed by atoms with Gasteiger partial charge >= 0.3 is 0 Å². The molecule has 5 heteroatoms. The molecular formula is C13H20N4S. The fourth-order valence-electron chi connectivity index (χ4n) is 1.52. The minimum atomic E-state index is 0.793. The minimum absolute atomic E-state index is 0.793. The summed E-state index contributed by atoms with van der Waals surface area (Å²) in [6.07, 6.45) is 5.79. The number of hydrogen-bond acceptors (Lipinski definition) is 4. The average molecular weight is 264 g/mol. The average Bonchev–Trinajstić information content (AvgIpc) is 2.82. The number of rotatable bonds is 3. The molecule has 2 aromatic heterocycles. The molecule has 0 unspecified atom stereocenters. The Kier molecular flexibility index (Phi) is 5.85. The van der Waals surface area contributed by atoms with Gasteiger partial charge in [-0.2, -0.15) is 5.10 Å². The summed E-state index contributed by atoms with van der Waals surface area (Å²) in [7, 11) is 0. The third-order valence-electron chi connectivity index (χ3n) is 2.36. The maximum atomic E-state index is 4.47. The monoisotopic (exact) mass is 264 g/mol. The summed E-state index contributed by atoms with van der Waals surface area (Å²) in [6.45, 7) is 8.95. The van der Waals surface area contributed by atoms with Crippen molar-refractivity contribution < 1.29 is 0 Å². The zero-order valence-corrected chi connectivity index (χ0v) is 12.5. The lowest BCUT2D eigenvalue weighted by atomic mass is 10.2. The standard InChI is InChI=1S/C11H14N4S.C2H6/c1-4-15-7-9(8(2)14-15)10-5-6-12-11(13-10)16-3;1-2/h5-7H,4H2,1-3H3;1-2H3. The van der Waals surface area contributed by atoms with E-state index in [9.17, 15) is 0 Å². The van der Waals surface area contributed by atoms with Crippen LogP contribution in [-0.2, 0) is 6.54 Å². The Labute approximate surface area is 113 Å². The molecule has 0 aromatic carbocycles. The van der Waals surface area contributed by atoms with E-state index in [1.165, 1.54) is 0 Å². The molecule has 2 aromatic rings. The van der Waals surface area contributed by atoms with Gasteiger partial charge in [-0.1, -0.05) is 25.6 Å². The second-order valence-electron chi connectivity index (χ2n) is 3.41. The Morgan fingerprint density at radius 2 is 2.06 bits per heavy atom. The van der Waals surface area contributed by atoms with Crippen LogP contribution in [-0.4, -0.2) is 26.0 Å². The molecule has 0 spiro atoms. The lowest BCUT2D eigenvalue weighted by molar-refractivity contribution is 0.653. The predicted octanol–water partition coefficient (Wildman–Crippen LogP) is 3.42. The molecule has 4 nitrogen and oxygen atoms in total. The molecule has 0 fully saturated rings. The molecule has 18 heavy (non-hydrogen) atoms. The summed E-state index contributed by atoms with van der Waals surface area (Å²) < 4.78 is 1.92. The highest BCUT2D eigenvalue weighted by atomic mass is 32.2. The van der Waals surface area contributed by atoms with Crippen LogP contribution < -0.4 is 0 Å². The van der Waals surface area contributed by atoms with E-state index in [-0.39, 0.29) is 0 Å². The normalized spacial score (nSPS) is 9.83. The second-order valence-corrected chi connectivity index (χ2v) is 4.19. The van der Waals surface area contributed by atoms with E-state index in [0.717, 1.165) is 28.7 Å². The Morgan fingerprint density at radius 1 is 1.33 bits per heavy atom. The first-order valence-electron chi connectivity index (χ1n) is 6.16. The number of nitrogens with zero attached hydrogens (tertiary/aromatic N) is 4. The predicted molar refractivity (Wildman–Crippen MR) is 76.8 cm³/mol. The van der Waals surface area contributed by atoms with Gasteiger partial charge in [0.25, 0.3) is 0 Å². The van der Waals surface area contributed by atoms with Crippen LogP contribution in [0.25, 0.3) is 11.3 Å². The van der Waals surface area contributed by atoms with Crippen LogP contribution in [0.3, 0.4) is 0 Å². The summed E-state index contributed by atoms with van der Waals surface area (Å²) >= 11 is 1.55. The van der Waals surface area contributed by atoms with Crippen molar-refractivity contribution in [3.05, 3.63) is 24.2 Å². The summed E-state index contributed by atoms with van der Waals surface area (Å²) in [4.78, 5) is 8.63. The van der Waals surface area contributed by atoms with Crippen LogP contribution in [0, 0.1) is 6.92 Å². The molecule has 0 amide bonds. The first kappa shape index (κ1) is 14.7. The summed E-state index contributed by atoms with van der Waals surface area (Å²) in [5, 5.41) is 5.20. The molecule has 0 saturated carbocycles. The molecule has 0 bridgehead atoms. The zero-order valence-electron chi connectivity index (χ0n) is 11.6. The quantitative estimate of drug-likeness (QED) is 0.629. The Bertz CT molecular complexity index is 493. The Hall–Kier alpha value is -1.36. The molecule has 0 aliphatic carbocycles. The Balaban J connectivity index is 0.000000771. The molecule has 0 saturated heterocycles. The fraction of sp³-hybridized carbons (Fsp3) is 0.462. The van der Waals surface area contributed by atoms with Gasteiger partial charge in [0.15, 0.2) is 5.16 Å². The van der Waals surface area contributed by atoms with E-state index < -0.39 is 0 Å². The van der Waals surface area contributed by atoms with Crippen molar-refractivity contribution in [1.29, 1.82) is 0 Å². The highest BCUT2D eigenvalue weighted by Gasteiger charge is 2.08. The van der Waals surface area contributed by atoms with Gasteiger partial charge in [0.1, 0.15) is 0 Å².